The van der Waals surface area contributed by atoms with E-state index < -0.39 is 0 Å². The summed E-state index contributed by atoms with van der Waals surface area (Å²) in [7, 11) is 3.88. The van der Waals surface area contributed by atoms with Gasteiger partial charge >= 0.3 is 0 Å². The van der Waals surface area contributed by atoms with Gasteiger partial charge in [0.15, 0.2) is 5.96 Å². The van der Waals surface area contributed by atoms with Gasteiger partial charge in [0.25, 0.3) is 0 Å². The number of benzene rings is 1. The molecule has 26 heavy (non-hydrogen) atoms. The number of nitrogens with one attached hydrogen (secondary N) is 1. The van der Waals surface area contributed by atoms with Crippen molar-refractivity contribution in [3.05, 3.63) is 60.4 Å². The maximum Gasteiger partial charge on any atom is 0.194 e. The average Bonchev–Trinajstić information content (AvgIpc) is 3.28. The first-order valence-electron chi connectivity index (χ1n) is 8.58. The lowest BCUT2D eigenvalue weighted by Crippen LogP contribution is -2.38. The number of hydrogen-bond acceptors (Lipinski definition) is 4. The number of aryl methyl sites for hydroxylation is 1. The molecule has 0 fully saturated rings. The number of rotatable bonds is 6. The predicted octanol–water partition coefficient (Wildman–Crippen LogP) is 1.60. The first-order valence-corrected chi connectivity index (χ1v) is 8.58. The molecule has 0 saturated carbocycles. The summed E-state index contributed by atoms with van der Waals surface area (Å²) in [4.78, 5) is 10.9. The molecule has 0 aliphatic carbocycles. The van der Waals surface area contributed by atoms with Crippen LogP contribution in [-0.4, -0.2) is 49.0 Å². The van der Waals surface area contributed by atoms with Crippen molar-refractivity contribution in [1.82, 2.24) is 34.8 Å². The molecular weight excluding hydrogens is 328 g/mol. The zero-order chi connectivity index (χ0) is 18.4. The van der Waals surface area contributed by atoms with E-state index in [2.05, 4.69) is 37.3 Å². The van der Waals surface area contributed by atoms with Gasteiger partial charge in [0.2, 0.25) is 0 Å². The van der Waals surface area contributed by atoms with Crippen molar-refractivity contribution in [1.29, 1.82) is 0 Å². The lowest BCUT2D eigenvalue weighted by molar-refractivity contribution is 0.476. The minimum atomic E-state index is 0.479. The van der Waals surface area contributed by atoms with Crippen LogP contribution in [0, 0.1) is 0 Å². The molecule has 2 heterocycles. The van der Waals surface area contributed by atoms with Gasteiger partial charge in [0.05, 0.1) is 11.9 Å². The summed E-state index contributed by atoms with van der Waals surface area (Å²) in [5.41, 5.74) is 2.16. The van der Waals surface area contributed by atoms with Crippen LogP contribution in [0.25, 0.3) is 5.69 Å². The second-order valence-electron chi connectivity index (χ2n) is 5.95. The highest BCUT2D eigenvalue weighted by molar-refractivity contribution is 5.79. The van der Waals surface area contributed by atoms with E-state index in [0.29, 0.717) is 13.1 Å². The van der Waals surface area contributed by atoms with Gasteiger partial charge in [-0.15, -0.1) is 0 Å². The number of hydrogen-bond donors (Lipinski definition) is 1. The second kappa shape index (κ2) is 8.28. The molecule has 1 aromatic carbocycles. The topological polar surface area (TPSA) is 76.2 Å². The van der Waals surface area contributed by atoms with Crippen molar-refractivity contribution in [3.63, 3.8) is 0 Å². The maximum atomic E-state index is 4.66. The maximum absolute atomic E-state index is 4.66. The molecule has 0 radical (unpaired) electrons. The van der Waals surface area contributed by atoms with Crippen LogP contribution in [0.2, 0.25) is 0 Å². The van der Waals surface area contributed by atoms with Crippen LogP contribution in [0.5, 0.6) is 0 Å². The van der Waals surface area contributed by atoms with Crippen LogP contribution in [0.4, 0.5) is 0 Å². The molecule has 0 bridgehead atoms. The largest absolute Gasteiger partial charge is 0.357 e. The van der Waals surface area contributed by atoms with Gasteiger partial charge in [-0.2, -0.15) is 10.2 Å². The minimum absolute atomic E-state index is 0.479. The van der Waals surface area contributed by atoms with Gasteiger partial charge in [0.1, 0.15) is 18.7 Å². The van der Waals surface area contributed by atoms with E-state index in [9.17, 15) is 0 Å². The first-order chi connectivity index (χ1) is 12.7. The summed E-state index contributed by atoms with van der Waals surface area (Å²) >= 11 is 0. The minimum Gasteiger partial charge on any atom is -0.357 e. The Balaban J connectivity index is 1.69. The van der Waals surface area contributed by atoms with Gasteiger partial charge in [0, 0.05) is 38.9 Å². The van der Waals surface area contributed by atoms with Crippen molar-refractivity contribution < 1.29 is 0 Å². The van der Waals surface area contributed by atoms with E-state index in [-0.39, 0.29) is 0 Å². The molecule has 0 unspecified atom stereocenters. The normalized spacial score (nSPS) is 11.6. The lowest BCUT2D eigenvalue weighted by Gasteiger charge is -2.21. The fraction of sp³-hybridized carbons (Fsp3) is 0.333. The molecule has 0 aliphatic rings. The highest BCUT2D eigenvalue weighted by Crippen LogP contribution is 2.09. The Hall–Kier alpha value is -3.16. The SMILES string of the molecule is CCNC(=NCc1ncnn1C)N(C)Cc1cnn(-c2ccccc2)c1. The Bertz CT molecular complexity index is 849. The summed E-state index contributed by atoms with van der Waals surface area (Å²) < 4.78 is 3.61. The summed E-state index contributed by atoms with van der Waals surface area (Å²) in [6.07, 6.45) is 5.47. The van der Waals surface area contributed by atoms with Crippen molar-refractivity contribution in [2.24, 2.45) is 12.0 Å². The van der Waals surface area contributed by atoms with Crippen molar-refractivity contribution in [2.45, 2.75) is 20.0 Å². The molecule has 3 rings (SSSR count). The summed E-state index contributed by atoms with van der Waals surface area (Å²) in [6.45, 7) is 4.04. The molecule has 0 spiro atoms. The quantitative estimate of drug-likeness (QED) is 0.539. The van der Waals surface area contributed by atoms with Crippen molar-refractivity contribution >= 4 is 5.96 Å². The van der Waals surface area contributed by atoms with Gasteiger partial charge in [-0.3, -0.25) is 4.68 Å². The second-order valence-corrected chi connectivity index (χ2v) is 5.95. The van der Waals surface area contributed by atoms with Crippen LogP contribution in [0.15, 0.2) is 54.0 Å². The van der Waals surface area contributed by atoms with Gasteiger partial charge in [-0.1, -0.05) is 18.2 Å². The number of aliphatic imine (C=N–C) groups is 1. The fourth-order valence-corrected chi connectivity index (χ4v) is 2.59. The molecular formula is C18H24N8. The Kier molecular flexibility index (Phi) is 5.62. The molecule has 136 valence electrons. The van der Waals surface area contributed by atoms with E-state index in [1.54, 1.807) is 11.0 Å². The first kappa shape index (κ1) is 17.7. The van der Waals surface area contributed by atoms with Crippen molar-refractivity contribution in [3.8, 4) is 5.69 Å². The Labute approximate surface area is 153 Å². The van der Waals surface area contributed by atoms with Crippen LogP contribution in [0.1, 0.15) is 18.3 Å². The summed E-state index contributed by atoms with van der Waals surface area (Å²) in [5, 5.41) is 11.8. The molecule has 0 aliphatic heterocycles. The summed E-state index contributed by atoms with van der Waals surface area (Å²) in [5.74, 6) is 1.65. The van der Waals surface area contributed by atoms with Crippen LogP contribution in [0.3, 0.4) is 0 Å². The molecule has 0 saturated heterocycles. The third-order valence-electron chi connectivity index (χ3n) is 3.95. The molecule has 8 nitrogen and oxygen atoms in total. The monoisotopic (exact) mass is 352 g/mol. The van der Waals surface area contributed by atoms with Crippen LogP contribution in [-0.2, 0) is 20.1 Å². The van der Waals surface area contributed by atoms with E-state index in [1.165, 1.54) is 0 Å². The zero-order valence-electron chi connectivity index (χ0n) is 15.4. The van der Waals surface area contributed by atoms with Crippen LogP contribution < -0.4 is 5.32 Å². The molecule has 3 aromatic rings. The van der Waals surface area contributed by atoms with Crippen LogP contribution >= 0.6 is 0 Å². The predicted molar refractivity (Wildman–Crippen MR) is 101 cm³/mol. The highest BCUT2D eigenvalue weighted by Gasteiger charge is 2.09. The summed E-state index contributed by atoms with van der Waals surface area (Å²) in [6, 6.07) is 10.1. The third-order valence-corrected chi connectivity index (χ3v) is 3.95. The fourth-order valence-electron chi connectivity index (χ4n) is 2.59. The highest BCUT2D eigenvalue weighted by atomic mass is 15.3. The van der Waals surface area contributed by atoms with Gasteiger partial charge < -0.3 is 10.2 Å². The van der Waals surface area contributed by atoms with E-state index in [0.717, 1.165) is 29.6 Å². The lowest BCUT2D eigenvalue weighted by atomic mass is 10.3. The number of nitrogens with zero attached hydrogens (tertiary/aromatic N) is 7. The Morgan fingerprint density at radius 1 is 1.23 bits per heavy atom. The number of aromatic nitrogens is 5. The average molecular weight is 352 g/mol. The Morgan fingerprint density at radius 2 is 2.04 bits per heavy atom. The molecule has 0 atom stereocenters. The molecule has 1 N–H and O–H groups in total. The van der Waals surface area contributed by atoms with Gasteiger partial charge in [-0.05, 0) is 19.1 Å². The molecule has 2 aromatic heterocycles. The van der Waals surface area contributed by atoms with Crippen molar-refractivity contribution in [2.75, 3.05) is 13.6 Å². The smallest absolute Gasteiger partial charge is 0.194 e. The Morgan fingerprint density at radius 3 is 2.73 bits per heavy atom. The zero-order valence-corrected chi connectivity index (χ0v) is 15.4. The molecule has 8 heteroatoms. The standard InChI is InChI=1S/C18H24N8/c1-4-19-18(20-11-17-21-14-23-25(17)3)24(2)12-15-10-22-26(13-15)16-8-6-5-7-9-16/h5-10,13-14H,4,11-12H2,1-3H3,(H,19,20). The van der Waals surface area contributed by atoms with Gasteiger partial charge in [-0.25, -0.2) is 14.7 Å². The molecule has 0 amide bonds. The number of guanidine groups is 1. The van der Waals surface area contributed by atoms with E-state index >= 15 is 0 Å². The third kappa shape index (κ3) is 4.27. The number of para-hydroxylation sites is 1. The van der Waals surface area contributed by atoms with E-state index in [1.807, 2.05) is 61.5 Å². The van der Waals surface area contributed by atoms with E-state index in [4.69, 9.17) is 0 Å².